The van der Waals surface area contributed by atoms with Crippen LogP contribution in [0.15, 0.2) is 22.7 Å². The van der Waals surface area contributed by atoms with Gasteiger partial charge < -0.3 is 0 Å². The summed E-state index contributed by atoms with van der Waals surface area (Å²) >= 11 is 3.74. The molecule has 0 aromatic rings. The quantitative estimate of drug-likeness (QED) is 0.530. The average Bonchev–Trinajstić information content (AvgIpc) is 2.66. The molecule has 0 spiro atoms. The molecule has 0 amide bonds. The van der Waals surface area contributed by atoms with Crippen LogP contribution in [0.2, 0.25) is 0 Å². The number of hydrogen-bond acceptors (Lipinski definition) is 3. The SMILES string of the molecule is [C]=O.[C]=O.[C]=O.[Fe][C]1=CC=CC1. The summed E-state index contributed by atoms with van der Waals surface area (Å²) in [6.07, 6.45) is 7.21. The first-order valence-electron chi connectivity index (χ1n) is 2.51. The predicted octanol–water partition coefficient (Wildman–Crippen LogP) is 0.186. The second-order valence-electron chi connectivity index (χ2n) is 1.23. The molecule has 0 aromatic heterocycles. The fourth-order valence-electron chi connectivity index (χ4n) is 0.416. The summed E-state index contributed by atoms with van der Waals surface area (Å²) < 4.78 is 1.22. The Bertz CT molecular complexity index is 138. The third-order valence-electron chi connectivity index (χ3n) is 0.717. The molecule has 0 bridgehead atoms. The third-order valence-corrected chi connectivity index (χ3v) is 1.13. The van der Waals surface area contributed by atoms with Crippen molar-refractivity contribution in [1.29, 1.82) is 0 Å². The van der Waals surface area contributed by atoms with Gasteiger partial charge in [-0.2, -0.15) is 0 Å². The fraction of sp³-hybridized carbons (Fsp3) is 0.125. The van der Waals surface area contributed by atoms with E-state index in [1.165, 1.54) is 4.47 Å². The summed E-state index contributed by atoms with van der Waals surface area (Å²) in [5.74, 6) is 0. The predicted molar refractivity (Wildman–Crippen MR) is 38.9 cm³/mol. The number of hydrogen-bond donors (Lipinski definition) is 0. The van der Waals surface area contributed by atoms with E-state index in [1.807, 2.05) is 12.2 Å². The molecular formula is C8H5FeO3. The molecule has 0 unspecified atom stereocenters. The van der Waals surface area contributed by atoms with Crippen LogP contribution in [0.4, 0.5) is 0 Å². The Morgan fingerprint density at radius 1 is 1.08 bits per heavy atom. The van der Waals surface area contributed by atoms with Gasteiger partial charge in [0.25, 0.3) is 20.4 Å². The standard InChI is InChI=1S/C5H5.3CO.Fe/c1-2-4-5-3-1;3*1-2;/h1-3H,4H2;;;;. The molecule has 1 rings (SSSR count). The van der Waals surface area contributed by atoms with Gasteiger partial charge in [-0.15, -0.1) is 0 Å². The minimum atomic E-state index is 1.06. The van der Waals surface area contributed by atoms with E-state index in [0.29, 0.717) is 0 Å². The van der Waals surface area contributed by atoms with Crippen molar-refractivity contribution >= 4 is 20.4 Å². The first-order chi connectivity index (χ1) is 5.89. The van der Waals surface area contributed by atoms with Crippen LogP contribution in [-0.2, 0) is 30.4 Å². The molecule has 0 saturated carbocycles. The summed E-state index contributed by atoms with van der Waals surface area (Å²) in [6, 6.07) is 0. The molecule has 0 saturated heterocycles. The number of allylic oxidation sites excluding steroid dienone is 4. The van der Waals surface area contributed by atoms with Crippen LogP contribution in [-0.4, -0.2) is 20.4 Å². The second-order valence-corrected chi connectivity index (χ2v) is 1.94. The Balaban J connectivity index is -0.000000117. The molecule has 0 aliphatic heterocycles. The first-order valence-corrected chi connectivity index (χ1v) is 3.06. The van der Waals surface area contributed by atoms with Crippen molar-refractivity contribution in [1.82, 2.24) is 0 Å². The Morgan fingerprint density at radius 3 is 1.58 bits per heavy atom. The number of rotatable bonds is 0. The molecule has 0 fully saturated rings. The summed E-state index contributed by atoms with van der Waals surface area (Å²) in [6.45, 7) is 13.5. The molecule has 4 heteroatoms. The Hall–Kier alpha value is -0.991. The van der Waals surface area contributed by atoms with Crippen LogP contribution in [0.1, 0.15) is 6.42 Å². The molecule has 63 valence electrons. The van der Waals surface area contributed by atoms with E-state index < -0.39 is 0 Å². The van der Waals surface area contributed by atoms with E-state index in [4.69, 9.17) is 14.4 Å². The van der Waals surface area contributed by atoms with Crippen LogP contribution in [0, 0.1) is 0 Å². The Kier molecular flexibility index (Phi) is 32.2. The van der Waals surface area contributed by atoms with Crippen molar-refractivity contribution in [2.45, 2.75) is 6.42 Å². The molecule has 0 atom stereocenters. The molecule has 0 N–H and O–H groups in total. The average molecular weight is 205 g/mol. The molecular weight excluding hydrogens is 200 g/mol. The van der Waals surface area contributed by atoms with E-state index in [9.17, 15) is 0 Å². The van der Waals surface area contributed by atoms with Crippen molar-refractivity contribution in [2.24, 2.45) is 0 Å². The summed E-state index contributed by atoms with van der Waals surface area (Å²) in [4.78, 5) is 22.5. The second kappa shape index (κ2) is 22.5. The Morgan fingerprint density at radius 2 is 1.50 bits per heavy atom. The van der Waals surface area contributed by atoms with Crippen molar-refractivity contribution in [3.8, 4) is 0 Å². The van der Waals surface area contributed by atoms with E-state index in [2.05, 4.69) is 42.5 Å². The molecule has 0 aromatic carbocycles. The van der Waals surface area contributed by atoms with E-state index in [1.54, 1.807) is 0 Å². The van der Waals surface area contributed by atoms with Crippen LogP contribution in [0.5, 0.6) is 0 Å². The minimum absolute atomic E-state index is 1.06. The zero-order chi connectivity index (χ0) is 10.4. The van der Waals surface area contributed by atoms with Crippen LogP contribution in [0.3, 0.4) is 0 Å². The first kappa shape index (κ1) is 17.2. The fourth-order valence-corrected chi connectivity index (χ4v) is 0.652. The molecule has 12 heavy (non-hydrogen) atoms. The van der Waals surface area contributed by atoms with Gasteiger partial charge >= 0.3 is 45.1 Å². The zero-order valence-corrected chi connectivity index (χ0v) is 7.12. The molecule has 0 heterocycles. The maximum atomic E-state index is 7.50. The van der Waals surface area contributed by atoms with Gasteiger partial charge in [-0.1, -0.05) is 0 Å². The van der Waals surface area contributed by atoms with Crippen molar-refractivity contribution < 1.29 is 30.4 Å². The van der Waals surface area contributed by atoms with Crippen molar-refractivity contribution in [2.75, 3.05) is 0 Å². The zero-order valence-electron chi connectivity index (χ0n) is 6.02. The van der Waals surface area contributed by atoms with E-state index in [-0.39, 0.29) is 0 Å². The summed E-state index contributed by atoms with van der Waals surface area (Å²) in [7, 11) is 0. The summed E-state index contributed by atoms with van der Waals surface area (Å²) in [5.41, 5.74) is 0. The topological polar surface area (TPSA) is 51.2 Å². The van der Waals surface area contributed by atoms with Gasteiger partial charge in [-0.25, -0.2) is 0 Å². The summed E-state index contributed by atoms with van der Waals surface area (Å²) in [5, 5.41) is 0. The normalized spacial score (nSPS) is 10.2. The van der Waals surface area contributed by atoms with Gasteiger partial charge in [0.05, 0.1) is 0 Å². The van der Waals surface area contributed by atoms with Gasteiger partial charge in [-0.05, 0) is 0 Å². The van der Waals surface area contributed by atoms with Gasteiger partial charge in [0.1, 0.15) is 0 Å². The van der Waals surface area contributed by atoms with Gasteiger partial charge in [0.15, 0.2) is 0 Å². The van der Waals surface area contributed by atoms with Gasteiger partial charge in [0.2, 0.25) is 0 Å². The Labute approximate surface area is 80.3 Å². The molecule has 1 aliphatic rings. The van der Waals surface area contributed by atoms with Gasteiger partial charge in [-0.3, -0.25) is 14.4 Å². The van der Waals surface area contributed by atoms with Crippen molar-refractivity contribution in [3.05, 3.63) is 22.7 Å². The van der Waals surface area contributed by atoms with Gasteiger partial charge in [0, 0.05) is 0 Å². The van der Waals surface area contributed by atoms with E-state index in [0.717, 1.165) is 6.42 Å². The molecule has 3 nitrogen and oxygen atoms in total. The maximum absolute atomic E-state index is 7.50. The molecule has 1 aliphatic carbocycles. The van der Waals surface area contributed by atoms with Crippen molar-refractivity contribution in [3.63, 3.8) is 0 Å². The van der Waals surface area contributed by atoms with Crippen LogP contribution in [0.25, 0.3) is 0 Å². The monoisotopic (exact) mass is 205 g/mol. The third kappa shape index (κ3) is 16.0. The van der Waals surface area contributed by atoms with Crippen LogP contribution >= 0.6 is 0 Å². The van der Waals surface area contributed by atoms with Crippen LogP contribution < -0.4 is 0 Å². The number of carbonyl (C=O) groups excluding carboxylic acids is 3. The molecule has 6 radical (unpaired) electrons. The van der Waals surface area contributed by atoms with E-state index >= 15 is 0 Å².